The van der Waals surface area contributed by atoms with Gasteiger partial charge in [0.2, 0.25) is 0 Å². The maximum Gasteiger partial charge on any atom is 0.306 e. The predicted octanol–water partition coefficient (Wildman–Crippen LogP) is 5.45. The number of rotatable bonds is 4. The molecule has 0 spiro atoms. The van der Waals surface area contributed by atoms with Crippen molar-refractivity contribution in [3.05, 3.63) is 29.3 Å². The molecule has 1 amide bonds. The summed E-state index contributed by atoms with van der Waals surface area (Å²) in [5.74, 6) is 2.49. The number of nitrogens with zero attached hydrogens (tertiary/aromatic N) is 1. The van der Waals surface area contributed by atoms with E-state index in [-0.39, 0.29) is 23.7 Å². The van der Waals surface area contributed by atoms with E-state index in [0.717, 1.165) is 56.6 Å². The summed E-state index contributed by atoms with van der Waals surface area (Å²) in [6.07, 6.45) is 13.9. The van der Waals surface area contributed by atoms with E-state index in [0.29, 0.717) is 36.3 Å². The molecule has 1 aromatic rings. The first kappa shape index (κ1) is 21.8. The Labute approximate surface area is 191 Å². The van der Waals surface area contributed by atoms with Gasteiger partial charge in [-0.3, -0.25) is 9.59 Å². The zero-order chi connectivity index (χ0) is 22.1. The summed E-state index contributed by atoms with van der Waals surface area (Å²) in [7, 11) is 0. The monoisotopic (exact) mass is 439 g/mol. The van der Waals surface area contributed by atoms with E-state index in [4.69, 9.17) is 4.74 Å². The number of hydrogen-bond donors (Lipinski definition) is 1. The Bertz CT molecular complexity index is 838. The van der Waals surface area contributed by atoms with Crippen molar-refractivity contribution in [2.75, 3.05) is 6.54 Å². The SMILES string of the molecule is O=C1CC(C2CCCCC2)CCC(C2CCC(CN3Cc4ccc(O)cc4C3=O)CC2)O1. The van der Waals surface area contributed by atoms with Crippen molar-refractivity contribution in [2.24, 2.45) is 23.7 Å². The van der Waals surface area contributed by atoms with Crippen molar-refractivity contribution < 1.29 is 19.4 Å². The van der Waals surface area contributed by atoms with Crippen LogP contribution in [0, 0.1) is 23.7 Å². The summed E-state index contributed by atoms with van der Waals surface area (Å²) in [5.41, 5.74) is 1.66. The predicted molar refractivity (Wildman–Crippen MR) is 122 cm³/mol. The van der Waals surface area contributed by atoms with Gasteiger partial charge >= 0.3 is 5.97 Å². The van der Waals surface area contributed by atoms with Crippen molar-refractivity contribution in [2.45, 2.75) is 89.7 Å². The highest BCUT2D eigenvalue weighted by atomic mass is 16.5. The van der Waals surface area contributed by atoms with Crippen LogP contribution >= 0.6 is 0 Å². The van der Waals surface area contributed by atoms with E-state index in [1.165, 1.54) is 32.1 Å². The first-order chi connectivity index (χ1) is 15.6. The van der Waals surface area contributed by atoms with Gasteiger partial charge in [-0.15, -0.1) is 0 Å². The third-order valence-corrected chi connectivity index (χ3v) is 8.72. The molecule has 0 bridgehead atoms. The first-order valence-electron chi connectivity index (χ1n) is 12.9. The number of hydrogen-bond acceptors (Lipinski definition) is 4. The maximum atomic E-state index is 12.7. The fourth-order valence-electron chi connectivity index (χ4n) is 6.86. The third-order valence-electron chi connectivity index (χ3n) is 8.72. The fourth-order valence-corrected chi connectivity index (χ4v) is 6.86. The molecule has 2 aliphatic carbocycles. The molecule has 5 heteroatoms. The lowest BCUT2D eigenvalue weighted by molar-refractivity contribution is -0.152. The van der Waals surface area contributed by atoms with Crippen LogP contribution in [0.3, 0.4) is 0 Å². The minimum atomic E-state index is 0.0360. The summed E-state index contributed by atoms with van der Waals surface area (Å²) in [5, 5.41) is 9.70. The van der Waals surface area contributed by atoms with Gasteiger partial charge < -0.3 is 14.7 Å². The number of benzene rings is 1. The summed E-state index contributed by atoms with van der Waals surface area (Å²) >= 11 is 0. The second-order valence-electron chi connectivity index (χ2n) is 10.8. The number of aromatic hydroxyl groups is 1. The molecule has 2 saturated carbocycles. The highest BCUT2D eigenvalue weighted by Crippen LogP contribution is 2.40. The smallest absolute Gasteiger partial charge is 0.306 e. The molecule has 5 rings (SSSR count). The fraction of sp³-hybridized carbons (Fsp3) is 0.704. The maximum absolute atomic E-state index is 12.7. The molecule has 0 aromatic heterocycles. The molecule has 2 heterocycles. The average Bonchev–Trinajstić information content (AvgIpc) is 2.98. The lowest BCUT2D eigenvalue weighted by Gasteiger charge is -2.34. The molecular weight excluding hydrogens is 402 g/mol. The summed E-state index contributed by atoms with van der Waals surface area (Å²) in [4.78, 5) is 27.2. The van der Waals surface area contributed by atoms with Crippen LogP contribution < -0.4 is 0 Å². The normalized spacial score (nSPS) is 31.8. The van der Waals surface area contributed by atoms with Crippen LogP contribution in [0.5, 0.6) is 5.75 Å². The molecular formula is C27H37NO4. The number of amides is 1. The number of fused-ring (bicyclic) bond motifs is 1. The topological polar surface area (TPSA) is 66.8 Å². The Balaban J connectivity index is 1.12. The lowest BCUT2D eigenvalue weighted by atomic mass is 9.75. The molecule has 2 atom stereocenters. The Morgan fingerprint density at radius 1 is 0.875 bits per heavy atom. The number of esters is 1. The van der Waals surface area contributed by atoms with E-state index in [2.05, 4.69) is 0 Å². The van der Waals surface area contributed by atoms with Crippen molar-refractivity contribution in [3.63, 3.8) is 0 Å². The number of phenolic OH excluding ortho intramolecular Hbond substituents is 1. The third kappa shape index (κ3) is 4.67. The number of ether oxygens (including phenoxy) is 1. The van der Waals surface area contributed by atoms with Crippen LogP contribution in [0.15, 0.2) is 18.2 Å². The largest absolute Gasteiger partial charge is 0.508 e. The van der Waals surface area contributed by atoms with E-state index >= 15 is 0 Å². The minimum Gasteiger partial charge on any atom is -0.508 e. The molecule has 2 aliphatic heterocycles. The minimum absolute atomic E-state index is 0.0360. The number of carbonyl (C=O) groups excluding carboxylic acids is 2. The Morgan fingerprint density at radius 2 is 1.62 bits per heavy atom. The van der Waals surface area contributed by atoms with E-state index < -0.39 is 0 Å². The van der Waals surface area contributed by atoms with Crippen LogP contribution in [-0.4, -0.2) is 34.5 Å². The van der Waals surface area contributed by atoms with Gasteiger partial charge in [0.05, 0.1) is 0 Å². The second-order valence-corrected chi connectivity index (χ2v) is 10.8. The van der Waals surface area contributed by atoms with Gasteiger partial charge in [-0.2, -0.15) is 0 Å². The molecule has 4 aliphatic rings. The van der Waals surface area contributed by atoms with Crippen molar-refractivity contribution in [1.82, 2.24) is 4.90 Å². The van der Waals surface area contributed by atoms with Gasteiger partial charge in [-0.1, -0.05) is 38.2 Å². The Hall–Kier alpha value is -2.04. The van der Waals surface area contributed by atoms with Gasteiger partial charge in [0, 0.05) is 25.1 Å². The highest BCUT2D eigenvalue weighted by Gasteiger charge is 2.37. The molecule has 32 heavy (non-hydrogen) atoms. The summed E-state index contributed by atoms with van der Waals surface area (Å²) in [6, 6.07) is 5.11. The van der Waals surface area contributed by atoms with Crippen molar-refractivity contribution in [1.29, 1.82) is 0 Å². The van der Waals surface area contributed by atoms with Gasteiger partial charge in [-0.25, -0.2) is 0 Å². The average molecular weight is 440 g/mol. The lowest BCUT2D eigenvalue weighted by Crippen LogP contribution is -2.34. The number of cyclic esters (lactones) is 1. The standard InChI is InChI=1S/C27H37NO4/c29-23-12-10-22-17-28(27(31)24(22)15-23)16-18-6-8-20(9-7-18)25-13-11-21(14-26(30)32-25)19-4-2-1-3-5-19/h10,12,15,18-21,25,29H,1-9,11,13-14,16-17H2. The van der Waals surface area contributed by atoms with Crippen LogP contribution in [0.4, 0.5) is 0 Å². The quantitative estimate of drug-likeness (QED) is 0.634. The van der Waals surface area contributed by atoms with Crippen molar-refractivity contribution >= 4 is 11.9 Å². The molecule has 5 nitrogen and oxygen atoms in total. The van der Waals surface area contributed by atoms with Gasteiger partial charge in [0.25, 0.3) is 5.91 Å². The summed E-state index contributed by atoms with van der Waals surface area (Å²) < 4.78 is 5.98. The van der Waals surface area contributed by atoms with Gasteiger partial charge in [-0.05, 0) is 79.9 Å². The second kappa shape index (κ2) is 9.44. The molecule has 1 aromatic carbocycles. The Morgan fingerprint density at radius 3 is 2.41 bits per heavy atom. The summed E-state index contributed by atoms with van der Waals surface area (Å²) in [6.45, 7) is 1.44. The molecule has 2 unspecified atom stereocenters. The molecule has 1 N–H and O–H groups in total. The molecule has 174 valence electrons. The zero-order valence-electron chi connectivity index (χ0n) is 19.1. The zero-order valence-corrected chi connectivity index (χ0v) is 19.1. The molecule has 3 fully saturated rings. The van der Waals surface area contributed by atoms with Gasteiger partial charge in [0.1, 0.15) is 11.9 Å². The highest BCUT2D eigenvalue weighted by molar-refractivity contribution is 5.98. The van der Waals surface area contributed by atoms with Gasteiger partial charge in [0.15, 0.2) is 0 Å². The van der Waals surface area contributed by atoms with Crippen molar-refractivity contribution in [3.8, 4) is 5.75 Å². The first-order valence-corrected chi connectivity index (χ1v) is 12.9. The van der Waals surface area contributed by atoms with Crippen LogP contribution in [0.1, 0.15) is 93.0 Å². The van der Waals surface area contributed by atoms with Crippen LogP contribution in [-0.2, 0) is 16.1 Å². The number of phenols is 1. The van der Waals surface area contributed by atoms with E-state index in [1.807, 2.05) is 11.0 Å². The van der Waals surface area contributed by atoms with Crippen LogP contribution in [0.2, 0.25) is 0 Å². The molecule has 0 radical (unpaired) electrons. The molecule has 1 saturated heterocycles. The van der Waals surface area contributed by atoms with E-state index in [9.17, 15) is 14.7 Å². The number of carbonyl (C=O) groups is 2. The van der Waals surface area contributed by atoms with E-state index in [1.54, 1.807) is 12.1 Å². The Kier molecular flexibility index (Phi) is 6.43. The van der Waals surface area contributed by atoms with Crippen LogP contribution in [0.25, 0.3) is 0 Å².